The van der Waals surface area contributed by atoms with Gasteiger partial charge in [-0.05, 0) is 71.6 Å². The highest BCUT2D eigenvalue weighted by atomic mass is 16.1. The molecule has 0 bridgehead atoms. The molecule has 2 N–H and O–H groups in total. The number of hydrogen-bond acceptors (Lipinski definition) is 7. The van der Waals surface area contributed by atoms with E-state index >= 15 is 0 Å². The number of anilines is 2. The maximum Gasteiger partial charge on any atom is 0.268 e. The zero-order valence-corrected chi connectivity index (χ0v) is 21.1. The lowest BCUT2D eigenvalue weighted by Crippen LogP contribution is -2.24. The summed E-state index contributed by atoms with van der Waals surface area (Å²) in [6.07, 6.45) is 17.6. The van der Waals surface area contributed by atoms with E-state index < -0.39 is 0 Å². The molecule has 190 valence electrons. The second-order valence-corrected chi connectivity index (χ2v) is 9.22. The van der Waals surface area contributed by atoms with Gasteiger partial charge in [-0.3, -0.25) is 19.3 Å². The van der Waals surface area contributed by atoms with Gasteiger partial charge in [0.1, 0.15) is 5.65 Å². The van der Waals surface area contributed by atoms with Crippen LogP contribution >= 0.6 is 0 Å². The van der Waals surface area contributed by atoms with Crippen molar-refractivity contribution in [2.24, 2.45) is 0 Å². The number of nitrogens with one attached hydrogen (secondary N) is 2. The van der Waals surface area contributed by atoms with Crippen LogP contribution in [0.1, 0.15) is 23.1 Å². The molecule has 1 aromatic carbocycles. The van der Waals surface area contributed by atoms with Crippen molar-refractivity contribution in [1.82, 2.24) is 29.8 Å². The SMILES string of the molecule is C#Cc1cc2cnc(Nc3ccc(C4=CCNCC4)cc3)nc2n(Cc2ccncc2-c2ccncc2)c1=O. The maximum atomic E-state index is 13.4. The number of aromatic nitrogens is 5. The predicted octanol–water partition coefficient (Wildman–Crippen LogP) is 4.40. The number of hydrogen-bond donors (Lipinski definition) is 2. The largest absolute Gasteiger partial charge is 0.324 e. The van der Waals surface area contributed by atoms with Gasteiger partial charge in [0.25, 0.3) is 5.56 Å². The average molecular weight is 512 g/mol. The Kier molecular flexibility index (Phi) is 6.64. The van der Waals surface area contributed by atoms with E-state index in [1.807, 2.05) is 30.3 Å². The van der Waals surface area contributed by atoms with E-state index in [9.17, 15) is 4.79 Å². The van der Waals surface area contributed by atoms with Gasteiger partial charge in [-0.1, -0.05) is 24.1 Å². The Balaban J connectivity index is 1.37. The van der Waals surface area contributed by atoms with Crippen LogP contribution in [0.25, 0.3) is 27.7 Å². The average Bonchev–Trinajstić information content (AvgIpc) is 3.00. The minimum Gasteiger partial charge on any atom is -0.324 e. The number of fused-ring (bicyclic) bond motifs is 1. The molecule has 0 atom stereocenters. The zero-order valence-electron chi connectivity index (χ0n) is 21.1. The molecule has 0 saturated heterocycles. The van der Waals surface area contributed by atoms with Crippen LogP contribution in [0.3, 0.4) is 0 Å². The molecule has 1 aliphatic heterocycles. The van der Waals surface area contributed by atoms with Crippen molar-refractivity contribution in [2.45, 2.75) is 13.0 Å². The molecule has 0 radical (unpaired) electrons. The molecule has 5 aromatic rings. The molecule has 6 rings (SSSR count). The Morgan fingerprint density at radius 1 is 1.00 bits per heavy atom. The summed E-state index contributed by atoms with van der Waals surface area (Å²) in [6, 6.07) is 15.6. The Morgan fingerprint density at radius 3 is 2.59 bits per heavy atom. The van der Waals surface area contributed by atoms with Gasteiger partial charge in [0.05, 0.1) is 12.1 Å². The molecule has 8 heteroatoms. The summed E-state index contributed by atoms with van der Waals surface area (Å²) in [5.41, 5.74) is 6.64. The highest BCUT2D eigenvalue weighted by Crippen LogP contribution is 2.25. The molecular weight excluding hydrogens is 486 g/mol. The van der Waals surface area contributed by atoms with Crippen LogP contribution in [0.15, 0.2) is 90.4 Å². The van der Waals surface area contributed by atoms with Gasteiger partial charge in [0.15, 0.2) is 0 Å². The maximum absolute atomic E-state index is 13.4. The summed E-state index contributed by atoms with van der Waals surface area (Å²) < 4.78 is 1.60. The van der Waals surface area contributed by atoms with Crippen LogP contribution in [0.5, 0.6) is 0 Å². The van der Waals surface area contributed by atoms with E-state index in [-0.39, 0.29) is 17.7 Å². The lowest BCUT2D eigenvalue weighted by atomic mass is 10.0. The van der Waals surface area contributed by atoms with Crippen LogP contribution in [-0.4, -0.2) is 37.6 Å². The summed E-state index contributed by atoms with van der Waals surface area (Å²) in [6.45, 7) is 2.15. The Bertz CT molecular complexity index is 1790. The second kappa shape index (κ2) is 10.7. The van der Waals surface area contributed by atoms with Crippen molar-refractivity contribution >= 4 is 28.2 Å². The molecular formula is C31H25N7O. The monoisotopic (exact) mass is 511 g/mol. The topological polar surface area (TPSA) is 97.6 Å². The molecule has 39 heavy (non-hydrogen) atoms. The van der Waals surface area contributed by atoms with E-state index in [1.54, 1.807) is 41.6 Å². The van der Waals surface area contributed by atoms with Crippen molar-refractivity contribution < 1.29 is 0 Å². The summed E-state index contributed by atoms with van der Waals surface area (Å²) in [5.74, 6) is 2.90. The Morgan fingerprint density at radius 2 is 1.82 bits per heavy atom. The van der Waals surface area contributed by atoms with E-state index in [4.69, 9.17) is 11.4 Å². The summed E-state index contributed by atoms with van der Waals surface area (Å²) >= 11 is 0. The van der Waals surface area contributed by atoms with Crippen molar-refractivity contribution in [3.8, 4) is 23.5 Å². The first-order valence-corrected chi connectivity index (χ1v) is 12.7. The third kappa shape index (κ3) is 5.04. The molecule has 8 nitrogen and oxygen atoms in total. The van der Waals surface area contributed by atoms with Crippen molar-refractivity contribution in [2.75, 3.05) is 18.4 Å². The summed E-state index contributed by atoms with van der Waals surface area (Å²) in [5, 5.41) is 7.30. The zero-order chi connectivity index (χ0) is 26.6. The van der Waals surface area contributed by atoms with E-state index in [1.165, 1.54) is 11.1 Å². The second-order valence-electron chi connectivity index (χ2n) is 9.22. The molecule has 5 heterocycles. The van der Waals surface area contributed by atoms with Gasteiger partial charge in [0, 0.05) is 54.2 Å². The van der Waals surface area contributed by atoms with Gasteiger partial charge in [0.2, 0.25) is 5.95 Å². The third-order valence-electron chi connectivity index (χ3n) is 6.79. The van der Waals surface area contributed by atoms with E-state index in [2.05, 4.69) is 49.7 Å². The summed E-state index contributed by atoms with van der Waals surface area (Å²) in [4.78, 5) is 31.1. The third-order valence-corrected chi connectivity index (χ3v) is 6.79. The first-order valence-electron chi connectivity index (χ1n) is 12.7. The fourth-order valence-electron chi connectivity index (χ4n) is 4.77. The van der Waals surface area contributed by atoms with Gasteiger partial charge in [-0.15, -0.1) is 6.42 Å². The van der Waals surface area contributed by atoms with Crippen molar-refractivity contribution in [3.05, 3.63) is 113 Å². The van der Waals surface area contributed by atoms with Crippen LogP contribution in [-0.2, 0) is 6.54 Å². The minimum absolute atomic E-state index is 0.258. The predicted molar refractivity (Wildman–Crippen MR) is 153 cm³/mol. The quantitative estimate of drug-likeness (QED) is 0.326. The number of rotatable bonds is 6. The van der Waals surface area contributed by atoms with E-state index in [0.717, 1.165) is 41.9 Å². The number of nitrogens with zero attached hydrogens (tertiary/aromatic N) is 5. The highest BCUT2D eigenvalue weighted by molar-refractivity contribution is 5.78. The minimum atomic E-state index is -0.285. The van der Waals surface area contributed by atoms with E-state index in [0.29, 0.717) is 17.0 Å². The van der Waals surface area contributed by atoms with Crippen LogP contribution in [0.2, 0.25) is 0 Å². The molecule has 0 unspecified atom stereocenters. The van der Waals surface area contributed by atoms with Gasteiger partial charge < -0.3 is 10.6 Å². The molecule has 0 saturated carbocycles. The first kappa shape index (κ1) is 24.2. The van der Waals surface area contributed by atoms with Crippen molar-refractivity contribution in [1.29, 1.82) is 0 Å². The molecule has 1 aliphatic rings. The highest BCUT2D eigenvalue weighted by Gasteiger charge is 2.14. The number of terminal acetylenes is 1. The number of pyridine rings is 3. The van der Waals surface area contributed by atoms with Gasteiger partial charge in [-0.2, -0.15) is 4.98 Å². The number of benzene rings is 1. The molecule has 0 amide bonds. The lowest BCUT2D eigenvalue weighted by Gasteiger charge is -2.15. The fraction of sp³-hybridized carbons (Fsp3) is 0.129. The first-order chi connectivity index (χ1) is 19.2. The Labute approximate surface area is 225 Å². The molecule has 4 aromatic heterocycles. The van der Waals surface area contributed by atoms with Crippen LogP contribution in [0.4, 0.5) is 11.6 Å². The van der Waals surface area contributed by atoms with Crippen LogP contribution in [0, 0.1) is 12.3 Å². The van der Waals surface area contributed by atoms with Gasteiger partial charge in [-0.25, -0.2) is 4.98 Å². The summed E-state index contributed by atoms with van der Waals surface area (Å²) in [7, 11) is 0. The van der Waals surface area contributed by atoms with Gasteiger partial charge >= 0.3 is 0 Å². The normalized spacial score (nSPS) is 13.1. The van der Waals surface area contributed by atoms with Crippen LogP contribution < -0.4 is 16.2 Å². The fourth-order valence-corrected chi connectivity index (χ4v) is 4.77. The standard InChI is InChI=1S/C31H25N7O/c1-2-21-17-26-18-35-31(36-27-5-3-22(4-6-27)23-7-12-32-13-8-23)37-29(26)38(30(21)39)20-25-11-16-34-19-28(25)24-9-14-33-15-10-24/h1,3-7,9-11,14-19,32H,8,12-13,20H2,(H,35,36,37). The lowest BCUT2D eigenvalue weighted by molar-refractivity contribution is 0.738. The smallest absolute Gasteiger partial charge is 0.268 e. The molecule has 0 aliphatic carbocycles. The van der Waals surface area contributed by atoms with Crippen molar-refractivity contribution in [3.63, 3.8) is 0 Å². The Hall–Kier alpha value is -5.13. The molecule has 0 fully saturated rings. The molecule has 0 spiro atoms.